The minimum atomic E-state index is 0. The van der Waals surface area contributed by atoms with Crippen molar-refractivity contribution in [3.8, 4) is 0 Å². The molecule has 2 aliphatic rings. The van der Waals surface area contributed by atoms with Crippen LogP contribution in [0, 0.1) is 23.7 Å². The number of nitrogens with one attached hydrogen (secondary N) is 2. The Balaban J connectivity index is 0.00000288. The summed E-state index contributed by atoms with van der Waals surface area (Å²) < 4.78 is 0. The SMILES string of the molecule is CC1CC(C)CN(CCCNC(=O)CC(C)C2CCCNC2)C1.Cl.Cl. The highest BCUT2D eigenvalue weighted by atomic mass is 35.5. The molecule has 0 radical (unpaired) electrons. The number of hydrogen-bond acceptors (Lipinski definition) is 3. The van der Waals surface area contributed by atoms with Gasteiger partial charge < -0.3 is 15.5 Å². The molecule has 2 N–H and O–H groups in total. The van der Waals surface area contributed by atoms with Gasteiger partial charge in [-0.15, -0.1) is 24.8 Å². The number of rotatable bonds is 7. The second-order valence-corrected chi connectivity index (χ2v) is 8.20. The lowest BCUT2D eigenvalue weighted by Gasteiger charge is -2.35. The summed E-state index contributed by atoms with van der Waals surface area (Å²) in [5, 5.41) is 6.58. The number of hydrogen-bond donors (Lipinski definition) is 2. The zero-order valence-corrected chi connectivity index (χ0v) is 17.9. The first-order chi connectivity index (χ1) is 11.0. The van der Waals surface area contributed by atoms with Crippen molar-refractivity contribution in [1.29, 1.82) is 0 Å². The lowest BCUT2D eigenvalue weighted by molar-refractivity contribution is -0.122. The molecule has 4 nitrogen and oxygen atoms in total. The molecular formula is C19H39Cl2N3O. The fraction of sp³-hybridized carbons (Fsp3) is 0.947. The molecule has 2 heterocycles. The number of halogens is 2. The van der Waals surface area contributed by atoms with Crippen LogP contribution in [0.15, 0.2) is 0 Å². The van der Waals surface area contributed by atoms with Crippen LogP contribution in [0.1, 0.15) is 52.9 Å². The molecule has 0 aromatic carbocycles. The van der Waals surface area contributed by atoms with E-state index < -0.39 is 0 Å². The van der Waals surface area contributed by atoms with Crippen LogP contribution in [-0.2, 0) is 4.79 Å². The summed E-state index contributed by atoms with van der Waals surface area (Å²) in [7, 11) is 0. The van der Waals surface area contributed by atoms with Gasteiger partial charge in [0.05, 0.1) is 0 Å². The van der Waals surface area contributed by atoms with Crippen molar-refractivity contribution in [2.24, 2.45) is 23.7 Å². The van der Waals surface area contributed by atoms with Crippen LogP contribution < -0.4 is 10.6 Å². The molecule has 0 spiro atoms. The normalized spacial score (nSPS) is 28.4. The minimum Gasteiger partial charge on any atom is -0.356 e. The van der Waals surface area contributed by atoms with Gasteiger partial charge in [0.1, 0.15) is 0 Å². The number of nitrogens with zero attached hydrogens (tertiary/aromatic N) is 1. The van der Waals surface area contributed by atoms with Crippen molar-refractivity contribution in [1.82, 2.24) is 15.5 Å². The molecule has 4 unspecified atom stereocenters. The summed E-state index contributed by atoms with van der Waals surface area (Å²) in [5.74, 6) is 3.04. The molecule has 2 fully saturated rings. The highest BCUT2D eigenvalue weighted by Crippen LogP contribution is 2.22. The Labute approximate surface area is 167 Å². The van der Waals surface area contributed by atoms with Crippen LogP contribution in [0.2, 0.25) is 0 Å². The predicted octanol–water partition coefficient (Wildman–Crippen LogP) is 3.34. The van der Waals surface area contributed by atoms with Crippen molar-refractivity contribution < 1.29 is 4.79 Å². The van der Waals surface area contributed by atoms with Gasteiger partial charge in [0.2, 0.25) is 5.91 Å². The first kappa shape index (κ1) is 25.0. The molecule has 2 aliphatic heterocycles. The zero-order chi connectivity index (χ0) is 16.7. The van der Waals surface area contributed by atoms with E-state index in [-0.39, 0.29) is 30.7 Å². The molecule has 0 aromatic rings. The van der Waals surface area contributed by atoms with Gasteiger partial charge in [-0.25, -0.2) is 0 Å². The average molecular weight is 396 g/mol. The average Bonchev–Trinajstić information content (AvgIpc) is 2.51. The fourth-order valence-electron chi connectivity index (χ4n) is 4.40. The lowest BCUT2D eigenvalue weighted by atomic mass is 9.85. The summed E-state index contributed by atoms with van der Waals surface area (Å²) in [4.78, 5) is 14.7. The van der Waals surface area contributed by atoms with Gasteiger partial charge in [0, 0.05) is 26.1 Å². The van der Waals surface area contributed by atoms with E-state index in [1.165, 1.54) is 32.4 Å². The summed E-state index contributed by atoms with van der Waals surface area (Å²) in [6, 6.07) is 0. The lowest BCUT2D eigenvalue weighted by Crippen LogP contribution is -2.40. The Hall–Kier alpha value is -0.0300. The third-order valence-corrected chi connectivity index (χ3v) is 5.56. The van der Waals surface area contributed by atoms with Gasteiger partial charge in [-0.05, 0) is 69.0 Å². The molecule has 0 aliphatic carbocycles. The molecule has 0 bridgehead atoms. The molecule has 150 valence electrons. The van der Waals surface area contributed by atoms with Crippen molar-refractivity contribution >= 4 is 30.7 Å². The van der Waals surface area contributed by atoms with Gasteiger partial charge in [-0.3, -0.25) is 4.79 Å². The van der Waals surface area contributed by atoms with Gasteiger partial charge in [0.15, 0.2) is 0 Å². The van der Waals surface area contributed by atoms with Crippen molar-refractivity contribution in [3.63, 3.8) is 0 Å². The Morgan fingerprint density at radius 2 is 1.92 bits per heavy atom. The second kappa shape index (κ2) is 13.2. The van der Waals surface area contributed by atoms with Gasteiger partial charge in [-0.1, -0.05) is 20.8 Å². The van der Waals surface area contributed by atoms with Gasteiger partial charge in [-0.2, -0.15) is 0 Å². The number of carbonyl (C=O) groups is 1. The Morgan fingerprint density at radius 3 is 2.52 bits per heavy atom. The van der Waals surface area contributed by atoms with Crippen molar-refractivity contribution in [2.75, 3.05) is 39.3 Å². The highest BCUT2D eigenvalue weighted by Gasteiger charge is 2.22. The Kier molecular flexibility index (Phi) is 13.2. The van der Waals surface area contributed by atoms with Crippen LogP contribution in [0.4, 0.5) is 0 Å². The molecule has 4 atom stereocenters. The van der Waals surface area contributed by atoms with E-state index in [9.17, 15) is 4.79 Å². The number of likely N-dealkylation sites (tertiary alicyclic amines) is 1. The maximum Gasteiger partial charge on any atom is 0.220 e. The van der Waals surface area contributed by atoms with E-state index in [0.717, 1.165) is 44.4 Å². The highest BCUT2D eigenvalue weighted by molar-refractivity contribution is 5.85. The van der Waals surface area contributed by atoms with Crippen molar-refractivity contribution in [2.45, 2.75) is 52.9 Å². The summed E-state index contributed by atoms with van der Waals surface area (Å²) in [5.41, 5.74) is 0. The van der Waals surface area contributed by atoms with Gasteiger partial charge in [0.25, 0.3) is 0 Å². The van der Waals surface area contributed by atoms with E-state index in [1.807, 2.05) is 0 Å². The van der Waals surface area contributed by atoms with E-state index in [0.29, 0.717) is 18.3 Å². The fourth-order valence-corrected chi connectivity index (χ4v) is 4.40. The Morgan fingerprint density at radius 1 is 1.24 bits per heavy atom. The number of piperidine rings is 2. The van der Waals surface area contributed by atoms with Crippen LogP contribution >= 0.6 is 24.8 Å². The molecular weight excluding hydrogens is 357 g/mol. The predicted molar refractivity (Wildman–Crippen MR) is 111 cm³/mol. The molecule has 6 heteroatoms. The number of amides is 1. The summed E-state index contributed by atoms with van der Waals surface area (Å²) >= 11 is 0. The van der Waals surface area contributed by atoms with Crippen LogP contribution in [0.3, 0.4) is 0 Å². The van der Waals surface area contributed by atoms with E-state index in [1.54, 1.807) is 0 Å². The smallest absolute Gasteiger partial charge is 0.220 e. The topological polar surface area (TPSA) is 44.4 Å². The molecule has 25 heavy (non-hydrogen) atoms. The molecule has 0 aromatic heterocycles. The largest absolute Gasteiger partial charge is 0.356 e. The van der Waals surface area contributed by atoms with E-state index in [4.69, 9.17) is 0 Å². The van der Waals surface area contributed by atoms with E-state index >= 15 is 0 Å². The maximum atomic E-state index is 12.1. The quantitative estimate of drug-likeness (QED) is 0.649. The van der Waals surface area contributed by atoms with Crippen LogP contribution in [-0.4, -0.2) is 50.1 Å². The monoisotopic (exact) mass is 395 g/mol. The third-order valence-electron chi connectivity index (χ3n) is 5.56. The molecule has 2 saturated heterocycles. The third kappa shape index (κ3) is 9.46. The summed E-state index contributed by atoms with van der Waals surface area (Å²) in [6.45, 7) is 13.6. The summed E-state index contributed by atoms with van der Waals surface area (Å²) in [6.07, 6.45) is 5.64. The molecule has 1 amide bonds. The van der Waals surface area contributed by atoms with Gasteiger partial charge >= 0.3 is 0 Å². The van der Waals surface area contributed by atoms with Crippen LogP contribution in [0.5, 0.6) is 0 Å². The molecule has 2 rings (SSSR count). The van der Waals surface area contributed by atoms with Crippen molar-refractivity contribution in [3.05, 3.63) is 0 Å². The standard InChI is InChI=1S/C19H37N3O.2ClH/c1-15-10-16(2)14-22(13-15)9-5-8-21-19(23)11-17(3)18-6-4-7-20-12-18;;/h15-18,20H,4-14H2,1-3H3,(H,21,23);2*1H. The first-order valence-electron chi connectivity index (χ1n) is 9.74. The minimum absolute atomic E-state index is 0. The maximum absolute atomic E-state index is 12.1. The van der Waals surface area contributed by atoms with E-state index in [2.05, 4.69) is 36.3 Å². The zero-order valence-electron chi connectivity index (χ0n) is 16.3. The second-order valence-electron chi connectivity index (χ2n) is 8.20. The Bertz CT molecular complexity index is 355. The van der Waals surface area contributed by atoms with Crippen LogP contribution in [0.25, 0.3) is 0 Å². The first-order valence-corrected chi connectivity index (χ1v) is 9.74. The molecule has 0 saturated carbocycles. The number of carbonyl (C=O) groups excluding carboxylic acids is 1.